The second-order valence-corrected chi connectivity index (χ2v) is 7.31. The number of hydrogen-bond donors (Lipinski definition) is 1. The molecule has 0 radical (unpaired) electrons. The molecule has 2 aromatic rings. The number of anilines is 1. The molecular formula is C22H25Cl2N3O6. The number of carbonyl (C=O) groups excluding carboxylic acids is 2. The first-order valence-electron chi connectivity index (χ1n) is 9.99. The quantitative estimate of drug-likeness (QED) is 0.324. The van der Waals surface area contributed by atoms with Gasteiger partial charge in [0.25, 0.3) is 5.91 Å². The van der Waals surface area contributed by atoms with E-state index in [1.54, 1.807) is 26.0 Å². The number of methoxy groups -OCH3 is 2. The summed E-state index contributed by atoms with van der Waals surface area (Å²) in [6, 6.07) is 4.65. The number of carbonyl (C=O) groups is 2. The highest BCUT2D eigenvalue weighted by Gasteiger charge is 2.26. The first kappa shape index (κ1) is 26.2. The SMILES string of the molecule is CCOc1c(Cl)ccc(NC(=O)C(N=Nc2cc(Cl)c(OC)cc2OC)C(C)=O)c1OCC. The second kappa shape index (κ2) is 12.3. The summed E-state index contributed by atoms with van der Waals surface area (Å²) in [5.74, 6) is -0.00664. The molecular weight excluding hydrogens is 473 g/mol. The number of halogens is 2. The monoisotopic (exact) mass is 497 g/mol. The molecule has 1 atom stereocenters. The Labute approximate surface area is 202 Å². The highest BCUT2D eigenvalue weighted by atomic mass is 35.5. The molecule has 9 nitrogen and oxygen atoms in total. The van der Waals surface area contributed by atoms with E-state index in [9.17, 15) is 9.59 Å². The van der Waals surface area contributed by atoms with Gasteiger partial charge in [-0.2, -0.15) is 10.2 Å². The lowest BCUT2D eigenvalue weighted by molar-refractivity contribution is -0.126. The van der Waals surface area contributed by atoms with Crippen LogP contribution < -0.4 is 24.3 Å². The van der Waals surface area contributed by atoms with E-state index in [1.165, 1.54) is 33.3 Å². The summed E-state index contributed by atoms with van der Waals surface area (Å²) in [6.07, 6.45) is 0. The highest BCUT2D eigenvalue weighted by Crippen LogP contribution is 2.42. The van der Waals surface area contributed by atoms with E-state index in [0.717, 1.165) is 0 Å². The average molecular weight is 498 g/mol. The van der Waals surface area contributed by atoms with Crippen LogP contribution in [0.5, 0.6) is 23.0 Å². The number of hydrogen-bond acceptors (Lipinski definition) is 8. The van der Waals surface area contributed by atoms with Crippen LogP contribution in [-0.4, -0.2) is 45.2 Å². The van der Waals surface area contributed by atoms with Crippen LogP contribution in [0.25, 0.3) is 0 Å². The molecule has 33 heavy (non-hydrogen) atoms. The predicted molar refractivity (Wildman–Crippen MR) is 126 cm³/mol. The van der Waals surface area contributed by atoms with Crippen molar-refractivity contribution in [1.29, 1.82) is 0 Å². The maximum atomic E-state index is 12.9. The van der Waals surface area contributed by atoms with E-state index < -0.39 is 17.7 Å². The molecule has 178 valence electrons. The molecule has 0 fully saturated rings. The Morgan fingerprint density at radius 1 is 0.970 bits per heavy atom. The van der Waals surface area contributed by atoms with E-state index in [-0.39, 0.29) is 27.9 Å². The molecule has 0 aliphatic rings. The van der Waals surface area contributed by atoms with Crippen LogP contribution in [0.4, 0.5) is 11.4 Å². The molecule has 1 amide bonds. The number of rotatable bonds is 11. The van der Waals surface area contributed by atoms with Gasteiger partial charge in [0.05, 0.1) is 43.2 Å². The second-order valence-electron chi connectivity index (χ2n) is 6.50. The van der Waals surface area contributed by atoms with Gasteiger partial charge in [0.2, 0.25) is 6.04 Å². The highest BCUT2D eigenvalue weighted by molar-refractivity contribution is 6.32. The van der Waals surface area contributed by atoms with Gasteiger partial charge in [-0.05, 0) is 39.0 Å². The van der Waals surface area contributed by atoms with Gasteiger partial charge < -0.3 is 24.3 Å². The number of amides is 1. The molecule has 0 saturated carbocycles. The molecule has 0 aliphatic heterocycles. The first-order valence-corrected chi connectivity index (χ1v) is 10.7. The van der Waals surface area contributed by atoms with Crippen LogP contribution in [0.3, 0.4) is 0 Å². The van der Waals surface area contributed by atoms with E-state index in [1.807, 2.05) is 0 Å². The van der Waals surface area contributed by atoms with Crippen LogP contribution >= 0.6 is 23.2 Å². The van der Waals surface area contributed by atoms with Gasteiger partial charge in [0.1, 0.15) is 17.2 Å². The topological polar surface area (TPSA) is 108 Å². The molecule has 1 unspecified atom stereocenters. The van der Waals surface area contributed by atoms with Gasteiger partial charge >= 0.3 is 0 Å². The first-order chi connectivity index (χ1) is 15.8. The Balaban J connectivity index is 2.37. The van der Waals surface area contributed by atoms with Crippen LogP contribution in [0.1, 0.15) is 20.8 Å². The Hall–Kier alpha value is -3.04. The number of Topliss-reactive ketones (excluding diaryl/α,β-unsaturated/α-hetero) is 1. The van der Waals surface area contributed by atoms with Gasteiger partial charge in [-0.1, -0.05) is 23.2 Å². The van der Waals surface area contributed by atoms with Crippen molar-refractivity contribution in [3.05, 3.63) is 34.3 Å². The number of nitrogens with zero attached hydrogens (tertiary/aromatic N) is 2. The van der Waals surface area contributed by atoms with Crippen LogP contribution in [0, 0.1) is 0 Å². The fraction of sp³-hybridized carbons (Fsp3) is 0.364. The minimum absolute atomic E-state index is 0.225. The zero-order valence-corrected chi connectivity index (χ0v) is 20.4. The van der Waals surface area contributed by atoms with Gasteiger partial charge in [-0.15, -0.1) is 0 Å². The van der Waals surface area contributed by atoms with Gasteiger partial charge in [-0.3, -0.25) is 9.59 Å². The van der Waals surface area contributed by atoms with E-state index in [2.05, 4.69) is 15.5 Å². The van der Waals surface area contributed by atoms with Crippen molar-refractivity contribution in [2.24, 2.45) is 10.2 Å². The number of nitrogens with one attached hydrogen (secondary N) is 1. The summed E-state index contributed by atoms with van der Waals surface area (Å²) in [4.78, 5) is 25.1. The van der Waals surface area contributed by atoms with Crippen molar-refractivity contribution in [3.63, 3.8) is 0 Å². The molecule has 2 aromatic carbocycles. The Kier molecular flexibility index (Phi) is 9.74. The van der Waals surface area contributed by atoms with Crippen molar-refractivity contribution in [1.82, 2.24) is 0 Å². The zero-order valence-electron chi connectivity index (χ0n) is 18.9. The fourth-order valence-electron chi connectivity index (χ4n) is 2.77. The molecule has 0 bridgehead atoms. The van der Waals surface area contributed by atoms with Gasteiger partial charge in [0, 0.05) is 6.07 Å². The number of azo groups is 1. The predicted octanol–water partition coefficient (Wildman–Crippen LogP) is 5.49. The maximum Gasteiger partial charge on any atom is 0.258 e. The molecule has 0 spiro atoms. The van der Waals surface area contributed by atoms with Crippen LogP contribution in [0.2, 0.25) is 10.0 Å². The standard InChI is InChI=1S/C22H25Cl2N3O6/c1-6-32-20-13(23)8-9-15(21(20)33-7-2)25-22(29)19(12(3)28)27-26-16-10-14(24)17(30-4)11-18(16)31-5/h8-11,19H,6-7H2,1-5H3,(H,25,29). The lowest BCUT2D eigenvalue weighted by Gasteiger charge is -2.17. The third-order valence-corrected chi connectivity index (χ3v) is 4.86. The Bertz CT molecular complexity index is 1050. The van der Waals surface area contributed by atoms with E-state index in [4.69, 9.17) is 42.1 Å². The lowest BCUT2D eigenvalue weighted by atomic mass is 10.2. The van der Waals surface area contributed by atoms with Gasteiger partial charge in [-0.25, -0.2) is 0 Å². The fourth-order valence-corrected chi connectivity index (χ4v) is 3.20. The molecule has 0 saturated heterocycles. The smallest absolute Gasteiger partial charge is 0.258 e. The molecule has 2 rings (SSSR count). The normalized spacial score (nSPS) is 11.7. The number of ketones is 1. The minimum Gasteiger partial charge on any atom is -0.495 e. The molecule has 0 heterocycles. The third kappa shape index (κ3) is 6.49. The number of benzene rings is 2. The van der Waals surface area contributed by atoms with Crippen molar-refractivity contribution in [3.8, 4) is 23.0 Å². The third-order valence-electron chi connectivity index (χ3n) is 4.27. The Morgan fingerprint density at radius 2 is 1.61 bits per heavy atom. The summed E-state index contributed by atoms with van der Waals surface area (Å²) in [5, 5.41) is 11.2. The van der Waals surface area contributed by atoms with Crippen LogP contribution in [0.15, 0.2) is 34.5 Å². The minimum atomic E-state index is -1.43. The largest absolute Gasteiger partial charge is 0.495 e. The summed E-state index contributed by atoms with van der Waals surface area (Å²) < 4.78 is 21.6. The van der Waals surface area contributed by atoms with E-state index >= 15 is 0 Å². The summed E-state index contributed by atoms with van der Waals surface area (Å²) in [5.41, 5.74) is 0.503. The molecule has 1 N–H and O–H groups in total. The molecule has 0 aliphatic carbocycles. The summed E-state index contributed by atoms with van der Waals surface area (Å²) in [7, 11) is 2.89. The van der Waals surface area contributed by atoms with Crippen molar-refractivity contribution < 1.29 is 28.5 Å². The molecule has 11 heteroatoms. The summed E-state index contributed by atoms with van der Waals surface area (Å²) in [6.45, 7) is 5.45. The van der Waals surface area contributed by atoms with Crippen molar-refractivity contribution >= 4 is 46.3 Å². The van der Waals surface area contributed by atoms with Gasteiger partial charge in [0.15, 0.2) is 17.3 Å². The Morgan fingerprint density at radius 3 is 2.18 bits per heavy atom. The molecule has 0 aromatic heterocycles. The zero-order chi connectivity index (χ0) is 24.5. The van der Waals surface area contributed by atoms with E-state index in [0.29, 0.717) is 29.7 Å². The maximum absolute atomic E-state index is 12.9. The van der Waals surface area contributed by atoms with Crippen LogP contribution in [-0.2, 0) is 9.59 Å². The average Bonchev–Trinajstić information content (AvgIpc) is 2.78. The van der Waals surface area contributed by atoms with Crippen molar-refractivity contribution in [2.45, 2.75) is 26.8 Å². The van der Waals surface area contributed by atoms with Crippen molar-refractivity contribution in [2.75, 3.05) is 32.8 Å². The number of ether oxygens (including phenoxy) is 4. The lowest BCUT2D eigenvalue weighted by Crippen LogP contribution is -2.32. The summed E-state index contributed by atoms with van der Waals surface area (Å²) >= 11 is 12.4.